The van der Waals surface area contributed by atoms with Crippen molar-refractivity contribution in [1.29, 1.82) is 0 Å². The number of carbonyl (C=O) groups excluding carboxylic acids is 1. The maximum atomic E-state index is 10.8. The fourth-order valence-corrected chi connectivity index (χ4v) is 0.851. The molecule has 0 aliphatic carbocycles. The maximum absolute atomic E-state index is 10.8. The van der Waals surface area contributed by atoms with Crippen LogP contribution in [-0.2, 0) is 14.4 Å². The standard InChI is InChI=1S/C9H13NO5/c1-2-7(11)10-4-3-6(9(14)15)5-8(12)13/h5H,2-4H2,1H3,(H,10,11)(H,12,13)(H,14,15)/b6-5+. The van der Waals surface area contributed by atoms with Gasteiger partial charge >= 0.3 is 11.9 Å². The highest BCUT2D eigenvalue weighted by Gasteiger charge is 2.09. The van der Waals surface area contributed by atoms with Gasteiger partial charge in [0.25, 0.3) is 0 Å². The van der Waals surface area contributed by atoms with E-state index in [4.69, 9.17) is 10.2 Å². The summed E-state index contributed by atoms with van der Waals surface area (Å²) in [5.74, 6) is -2.80. The highest BCUT2D eigenvalue weighted by atomic mass is 16.4. The zero-order valence-corrected chi connectivity index (χ0v) is 8.32. The molecule has 0 aromatic rings. The van der Waals surface area contributed by atoms with Crippen molar-refractivity contribution in [3.8, 4) is 0 Å². The van der Waals surface area contributed by atoms with Crippen LogP contribution in [0, 0.1) is 0 Å². The lowest BCUT2D eigenvalue weighted by atomic mass is 10.2. The second-order valence-electron chi connectivity index (χ2n) is 2.77. The van der Waals surface area contributed by atoms with Gasteiger partial charge in [0, 0.05) is 24.6 Å². The number of aliphatic carboxylic acids is 2. The highest BCUT2D eigenvalue weighted by molar-refractivity contribution is 5.94. The lowest BCUT2D eigenvalue weighted by Gasteiger charge is -2.03. The molecule has 0 saturated carbocycles. The predicted molar refractivity (Wildman–Crippen MR) is 51.3 cm³/mol. The minimum absolute atomic E-state index is 0.00657. The van der Waals surface area contributed by atoms with Crippen molar-refractivity contribution in [1.82, 2.24) is 5.32 Å². The predicted octanol–water partition coefficient (Wildman–Crippen LogP) is -0.00170. The number of carboxylic acids is 2. The van der Waals surface area contributed by atoms with Gasteiger partial charge in [-0.2, -0.15) is 0 Å². The Morgan fingerprint density at radius 2 is 1.87 bits per heavy atom. The van der Waals surface area contributed by atoms with Crippen LogP contribution in [0.25, 0.3) is 0 Å². The van der Waals surface area contributed by atoms with Crippen molar-refractivity contribution in [3.63, 3.8) is 0 Å². The molecule has 0 aliphatic heterocycles. The van der Waals surface area contributed by atoms with Crippen molar-refractivity contribution in [3.05, 3.63) is 11.6 Å². The van der Waals surface area contributed by atoms with Crippen molar-refractivity contribution < 1.29 is 24.6 Å². The summed E-state index contributed by atoms with van der Waals surface area (Å²) in [6.07, 6.45) is 0.929. The van der Waals surface area contributed by atoms with Crippen LogP contribution in [0.5, 0.6) is 0 Å². The minimum atomic E-state index is -1.31. The topological polar surface area (TPSA) is 104 Å². The normalized spacial score (nSPS) is 10.9. The Balaban J connectivity index is 4.15. The zero-order valence-electron chi connectivity index (χ0n) is 8.32. The summed E-state index contributed by atoms with van der Waals surface area (Å²) in [6, 6.07) is 0. The van der Waals surface area contributed by atoms with E-state index in [1.165, 1.54) is 0 Å². The van der Waals surface area contributed by atoms with Crippen LogP contribution in [0.2, 0.25) is 0 Å². The third-order valence-corrected chi connectivity index (χ3v) is 1.61. The summed E-state index contributed by atoms with van der Waals surface area (Å²) in [5.41, 5.74) is -0.237. The van der Waals surface area contributed by atoms with Crippen molar-refractivity contribution in [2.24, 2.45) is 0 Å². The van der Waals surface area contributed by atoms with E-state index >= 15 is 0 Å². The number of hydrogen-bond donors (Lipinski definition) is 3. The Hall–Kier alpha value is -1.85. The average Bonchev–Trinajstić information content (AvgIpc) is 2.15. The molecule has 0 aromatic heterocycles. The molecule has 84 valence electrons. The van der Waals surface area contributed by atoms with E-state index < -0.39 is 11.9 Å². The van der Waals surface area contributed by atoms with Crippen LogP contribution in [0.4, 0.5) is 0 Å². The molecule has 0 atom stereocenters. The molecule has 0 unspecified atom stereocenters. The van der Waals surface area contributed by atoms with Crippen LogP contribution in [0.3, 0.4) is 0 Å². The van der Waals surface area contributed by atoms with E-state index in [0.717, 1.165) is 0 Å². The van der Waals surface area contributed by atoms with E-state index in [-0.39, 0.29) is 24.4 Å². The molecule has 15 heavy (non-hydrogen) atoms. The summed E-state index contributed by atoms with van der Waals surface area (Å²) in [7, 11) is 0. The van der Waals surface area contributed by atoms with Crippen LogP contribution >= 0.6 is 0 Å². The molecule has 0 bridgehead atoms. The van der Waals surface area contributed by atoms with Crippen molar-refractivity contribution in [2.45, 2.75) is 19.8 Å². The Bertz CT molecular complexity index is 295. The van der Waals surface area contributed by atoms with E-state index in [0.29, 0.717) is 12.5 Å². The number of carboxylic acid groups (broad SMARTS) is 2. The SMILES string of the molecule is CCC(=O)NCC/C(=C\C(=O)O)C(=O)O. The first-order valence-corrected chi connectivity index (χ1v) is 4.40. The second-order valence-corrected chi connectivity index (χ2v) is 2.77. The average molecular weight is 215 g/mol. The van der Waals surface area contributed by atoms with Crippen molar-refractivity contribution >= 4 is 17.8 Å². The summed E-state index contributed by atoms with van der Waals surface area (Å²) in [6.45, 7) is 1.79. The molecule has 0 heterocycles. The molecule has 0 aromatic carbocycles. The number of hydrogen-bond acceptors (Lipinski definition) is 3. The summed E-state index contributed by atoms with van der Waals surface area (Å²) >= 11 is 0. The third-order valence-electron chi connectivity index (χ3n) is 1.61. The van der Waals surface area contributed by atoms with Gasteiger partial charge in [0.05, 0.1) is 0 Å². The van der Waals surface area contributed by atoms with Gasteiger partial charge in [-0.15, -0.1) is 0 Å². The van der Waals surface area contributed by atoms with Gasteiger partial charge in [0.1, 0.15) is 0 Å². The van der Waals surface area contributed by atoms with E-state index in [1.54, 1.807) is 6.92 Å². The molecule has 1 amide bonds. The lowest BCUT2D eigenvalue weighted by molar-refractivity contribution is -0.135. The Morgan fingerprint density at radius 3 is 2.27 bits per heavy atom. The molecule has 0 saturated heterocycles. The molecular weight excluding hydrogens is 202 g/mol. The van der Waals surface area contributed by atoms with Gasteiger partial charge in [0.2, 0.25) is 5.91 Å². The van der Waals surface area contributed by atoms with Crippen LogP contribution in [-0.4, -0.2) is 34.6 Å². The molecule has 0 fully saturated rings. The Morgan fingerprint density at radius 1 is 1.27 bits per heavy atom. The molecule has 6 nitrogen and oxygen atoms in total. The molecule has 6 heteroatoms. The van der Waals surface area contributed by atoms with Crippen LogP contribution in [0.15, 0.2) is 11.6 Å². The maximum Gasteiger partial charge on any atom is 0.331 e. The third kappa shape index (κ3) is 6.25. The van der Waals surface area contributed by atoms with Crippen molar-refractivity contribution in [2.75, 3.05) is 6.54 Å². The minimum Gasteiger partial charge on any atom is -0.478 e. The molecule has 0 aliphatic rings. The van der Waals surface area contributed by atoms with Crippen LogP contribution in [0.1, 0.15) is 19.8 Å². The van der Waals surface area contributed by atoms with Gasteiger partial charge < -0.3 is 15.5 Å². The second kappa shape index (κ2) is 6.58. The summed E-state index contributed by atoms with van der Waals surface area (Å²) in [4.78, 5) is 31.6. The largest absolute Gasteiger partial charge is 0.478 e. The van der Waals surface area contributed by atoms with Gasteiger partial charge in [-0.05, 0) is 6.42 Å². The van der Waals surface area contributed by atoms with E-state index in [9.17, 15) is 14.4 Å². The first-order valence-electron chi connectivity index (χ1n) is 4.40. The summed E-state index contributed by atoms with van der Waals surface area (Å²) < 4.78 is 0. The van der Waals surface area contributed by atoms with E-state index in [1.807, 2.05) is 0 Å². The smallest absolute Gasteiger partial charge is 0.331 e. The number of amides is 1. The highest BCUT2D eigenvalue weighted by Crippen LogP contribution is 2.00. The molecular formula is C9H13NO5. The summed E-state index contributed by atoms with van der Waals surface area (Å²) in [5, 5.41) is 19.4. The van der Waals surface area contributed by atoms with Gasteiger partial charge in [-0.25, -0.2) is 9.59 Å². The number of carbonyl (C=O) groups is 3. The van der Waals surface area contributed by atoms with Gasteiger partial charge in [0.15, 0.2) is 0 Å². The molecule has 0 rings (SSSR count). The quantitative estimate of drug-likeness (QED) is 0.541. The lowest BCUT2D eigenvalue weighted by Crippen LogP contribution is -2.24. The fourth-order valence-electron chi connectivity index (χ4n) is 0.851. The first kappa shape index (κ1) is 13.2. The number of rotatable bonds is 6. The molecule has 0 radical (unpaired) electrons. The monoisotopic (exact) mass is 215 g/mol. The van der Waals surface area contributed by atoms with Gasteiger partial charge in [-0.1, -0.05) is 6.92 Å². The van der Waals surface area contributed by atoms with Crippen LogP contribution < -0.4 is 5.32 Å². The Labute approximate surface area is 86.6 Å². The molecule has 0 spiro atoms. The van der Waals surface area contributed by atoms with Gasteiger partial charge in [-0.3, -0.25) is 4.79 Å². The van der Waals surface area contributed by atoms with E-state index in [2.05, 4.69) is 5.32 Å². The Kier molecular flexibility index (Phi) is 5.77. The number of nitrogens with one attached hydrogen (secondary N) is 1. The molecule has 3 N–H and O–H groups in total. The fraction of sp³-hybridized carbons (Fsp3) is 0.444. The zero-order chi connectivity index (χ0) is 11.8. The first-order chi connectivity index (χ1) is 6.97.